The predicted molar refractivity (Wildman–Crippen MR) is 78.8 cm³/mol. The largest absolute Gasteiger partial charge is 0.493 e. The van der Waals surface area contributed by atoms with Gasteiger partial charge in [-0.1, -0.05) is 17.7 Å². The van der Waals surface area contributed by atoms with E-state index in [0.29, 0.717) is 22.3 Å². The Hall–Kier alpha value is -2.27. The molecule has 6 heteroatoms. The predicted octanol–water partition coefficient (Wildman–Crippen LogP) is 2.72. The summed E-state index contributed by atoms with van der Waals surface area (Å²) in [5.74, 6) is 0.487. The number of carbonyl (C=O) groups excluding carboxylic acids is 1. The van der Waals surface area contributed by atoms with E-state index in [-0.39, 0.29) is 18.9 Å². The third-order valence-electron chi connectivity index (χ3n) is 2.47. The van der Waals surface area contributed by atoms with Gasteiger partial charge in [-0.3, -0.25) is 4.79 Å². The summed E-state index contributed by atoms with van der Waals surface area (Å²) in [6.07, 6.45) is 1.76. The maximum Gasteiger partial charge on any atom is 0.227 e. The van der Waals surface area contributed by atoms with Crippen molar-refractivity contribution in [1.82, 2.24) is 4.98 Å². The van der Waals surface area contributed by atoms with Gasteiger partial charge in [0.25, 0.3) is 0 Å². The Morgan fingerprint density at radius 2 is 2.20 bits per heavy atom. The lowest BCUT2D eigenvalue weighted by atomic mass is 10.3. The van der Waals surface area contributed by atoms with E-state index >= 15 is 0 Å². The SMILES string of the molecule is Nc1cccc(OCCC(=O)Nc2ccnc(Cl)c2)c1. The molecule has 104 valence electrons. The Bertz CT molecular complexity index is 604. The van der Waals surface area contributed by atoms with E-state index in [4.69, 9.17) is 22.1 Å². The molecule has 0 aliphatic rings. The van der Waals surface area contributed by atoms with Crippen LogP contribution in [0.2, 0.25) is 5.15 Å². The van der Waals surface area contributed by atoms with Crippen molar-refractivity contribution in [2.24, 2.45) is 0 Å². The lowest BCUT2D eigenvalue weighted by molar-refractivity contribution is -0.116. The van der Waals surface area contributed by atoms with Crippen LogP contribution in [0.5, 0.6) is 5.75 Å². The van der Waals surface area contributed by atoms with Crippen LogP contribution in [0.4, 0.5) is 11.4 Å². The molecule has 0 spiro atoms. The summed E-state index contributed by atoms with van der Waals surface area (Å²) in [5.41, 5.74) is 6.86. The van der Waals surface area contributed by atoms with Crippen molar-refractivity contribution in [3.63, 3.8) is 0 Å². The van der Waals surface area contributed by atoms with E-state index < -0.39 is 0 Å². The number of hydrogen-bond donors (Lipinski definition) is 2. The van der Waals surface area contributed by atoms with Crippen molar-refractivity contribution in [2.45, 2.75) is 6.42 Å². The molecule has 0 radical (unpaired) electrons. The number of amides is 1. The Kier molecular flexibility index (Phi) is 4.79. The first-order valence-corrected chi connectivity index (χ1v) is 6.41. The molecule has 0 unspecified atom stereocenters. The molecule has 0 atom stereocenters. The zero-order valence-electron chi connectivity index (χ0n) is 10.7. The topological polar surface area (TPSA) is 77.2 Å². The minimum atomic E-state index is -0.156. The maximum atomic E-state index is 11.7. The number of nitrogen functional groups attached to an aromatic ring is 1. The molecule has 0 bridgehead atoms. The van der Waals surface area contributed by atoms with Crippen LogP contribution >= 0.6 is 11.6 Å². The van der Waals surface area contributed by atoms with Gasteiger partial charge in [0.05, 0.1) is 13.0 Å². The number of ether oxygens (including phenoxy) is 1. The van der Waals surface area contributed by atoms with Crippen LogP contribution in [0.1, 0.15) is 6.42 Å². The number of benzene rings is 1. The van der Waals surface area contributed by atoms with Crippen molar-refractivity contribution in [3.8, 4) is 5.75 Å². The molecule has 2 rings (SSSR count). The number of aromatic nitrogens is 1. The third-order valence-corrected chi connectivity index (χ3v) is 2.67. The lowest BCUT2D eigenvalue weighted by Gasteiger charge is -2.07. The summed E-state index contributed by atoms with van der Waals surface area (Å²) >= 11 is 5.73. The highest BCUT2D eigenvalue weighted by molar-refractivity contribution is 6.29. The molecule has 0 saturated heterocycles. The van der Waals surface area contributed by atoms with Crippen LogP contribution in [0.3, 0.4) is 0 Å². The molecule has 1 aromatic heterocycles. The molecule has 0 saturated carbocycles. The molecule has 0 aliphatic heterocycles. The summed E-state index contributed by atoms with van der Waals surface area (Å²) in [6, 6.07) is 10.3. The van der Waals surface area contributed by atoms with Crippen molar-refractivity contribution >= 4 is 28.9 Å². The van der Waals surface area contributed by atoms with Crippen molar-refractivity contribution < 1.29 is 9.53 Å². The molecule has 3 N–H and O–H groups in total. The van der Waals surface area contributed by atoms with Gasteiger partial charge in [-0.05, 0) is 24.3 Å². The number of halogens is 1. The van der Waals surface area contributed by atoms with Gasteiger partial charge >= 0.3 is 0 Å². The molecular formula is C14H14ClN3O2. The second-order valence-electron chi connectivity index (χ2n) is 4.09. The van der Waals surface area contributed by atoms with Crippen LogP contribution in [0, 0.1) is 0 Å². The minimum absolute atomic E-state index is 0.156. The van der Waals surface area contributed by atoms with Gasteiger partial charge in [0.15, 0.2) is 0 Å². The van der Waals surface area contributed by atoms with Gasteiger partial charge in [-0.25, -0.2) is 4.98 Å². The highest BCUT2D eigenvalue weighted by Gasteiger charge is 2.04. The van der Waals surface area contributed by atoms with Crippen molar-refractivity contribution in [1.29, 1.82) is 0 Å². The average Bonchev–Trinajstić information content (AvgIpc) is 2.38. The highest BCUT2D eigenvalue weighted by atomic mass is 35.5. The summed E-state index contributed by atoms with van der Waals surface area (Å²) in [6.45, 7) is 0.272. The molecule has 5 nitrogen and oxygen atoms in total. The highest BCUT2D eigenvalue weighted by Crippen LogP contribution is 2.15. The molecular weight excluding hydrogens is 278 g/mol. The lowest BCUT2D eigenvalue weighted by Crippen LogP contribution is -2.15. The first kappa shape index (κ1) is 14.1. The van der Waals surface area contributed by atoms with Gasteiger partial charge in [0.2, 0.25) is 5.91 Å². The van der Waals surface area contributed by atoms with Crippen molar-refractivity contribution in [3.05, 3.63) is 47.7 Å². The van der Waals surface area contributed by atoms with Gasteiger partial charge in [0, 0.05) is 23.6 Å². The number of nitrogens with one attached hydrogen (secondary N) is 1. The zero-order chi connectivity index (χ0) is 14.4. The number of anilines is 2. The van der Waals surface area contributed by atoms with Crippen LogP contribution in [0.25, 0.3) is 0 Å². The quantitative estimate of drug-likeness (QED) is 0.656. The fourth-order valence-corrected chi connectivity index (χ4v) is 1.74. The summed E-state index contributed by atoms with van der Waals surface area (Å²) in [4.78, 5) is 15.5. The molecule has 20 heavy (non-hydrogen) atoms. The standard InChI is InChI=1S/C14H14ClN3O2/c15-13-9-11(4-6-17-13)18-14(19)5-7-20-12-3-1-2-10(16)8-12/h1-4,6,8-9H,5,7,16H2,(H,17,18,19). The van der Waals surface area contributed by atoms with Crippen molar-refractivity contribution in [2.75, 3.05) is 17.7 Å². The van der Waals surface area contributed by atoms with Gasteiger partial charge in [-0.2, -0.15) is 0 Å². The second-order valence-corrected chi connectivity index (χ2v) is 4.47. The Labute approximate surface area is 121 Å². The Balaban J connectivity index is 1.78. The van der Waals surface area contributed by atoms with E-state index in [1.54, 1.807) is 36.4 Å². The summed E-state index contributed by atoms with van der Waals surface area (Å²) in [5, 5.41) is 3.04. The molecule has 0 fully saturated rings. The number of hydrogen-bond acceptors (Lipinski definition) is 4. The summed E-state index contributed by atoms with van der Waals surface area (Å²) < 4.78 is 5.44. The molecule has 1 amide bonds. The van der Waals surface area contributed by atoms with E-state index in [1.807, 2.05) is 0 Å². The second kappa shape index (κ2) is 6.77. The van der Waals surface area contributed by atoms with E-state index in [9.17, 15) is 4.79 Å². The number of rotatable bonds is 5. The number of nitrogens with two attached hydrogens (primary N) is 1. The normalized spacial score (nSPS) is 10.1. The fraction of sp³-hybridized carbons (Fsp3) is 0.143. The maximum absolute atomic E-state index is 11.7. The minimum Gasteiger partial charge on any atom is -0.493 e. The van der Waals surface area contributed by atoms with E-state index in [1.165, 1.54) is 6.20 Å². The number of nitrogens with zero attached hydrogens (tertiary/aromatic N) is 1. The third kappa shape index (κ3) is 4.44. The average molecular weight is 292 g/mol. The number of carbonyl (C=O) groups is 1. The molecule has 1 aromatic carbocycles. The molecule has 2 aromatic rings. The fourth-order valence-electron chi connectivity index (χ4n) is 1.57. The Morgan fingerprint density at radius 3 is 2.95 bits per heavy atom. The first-order valence-electron chi connectivity index (χ1n) is 6.03. The van der Waals surface area contributed by atoms with Gasteiger partial charge < -0.3 is 15.8 Å². The Morgan fingerprint density at radius 1 is 1.35 bits per heavy atom. The van der Waals surface area contributed by atoms with Crippen LogP contribution in [-0.2, 0) is 4.79 Å². The zero-order valence-corrected chi connectivity index (χ0v) is 11.4. The van der Waals surface area contributed by atoms with E-state index in [0.717, 1.165) is 0 Å². The van der Waals surface area contributed by atoms with Crippen LogP contribution < -0.4 is 15.8 Å². The molecule has 1 heterocycles. The van der Waals surface area contributed by atoms with Gasteiger partial charge in [0.1, 0.15) is 10.9 Å². The smallest absolute Gasteiger partial charge is 0.227 e. The van der Waals surface area contributed by atoms with Gasteiger partial charge in [-0.15, -0.1) is 0 Å². The number of pyridine rings is 1. The van der Waals surface area contributed by atoms with Crippen LogP contribution in [-0.4, -0.2) is 17.5 Å². The first-order chi connectivity index (χ1) is 9.63. The molecule has 0 aliphatic carbocycles. The monoisotopic (exact) mass is 291 g/mol. The summed E-state index contributed by atoms with van der Waals surface area (Å²) in [7, 11) is 0. The van der Waals surface area contributed by atoms with E-state index in [2.05, 4.69) is 10.3 Å². The van der Waals surface area contributed by atoms with Crippen LogP contribution in [0.15, 0.2) is 42.6 Å².